The van der Waals surface area contributed by atoms with Crippen molar-refractivity contribution in [1.29, 1.82) is 0 Å². The molecule has 0 aromatic heterocycles. The molecule has 1 saturated heterocycles. The summed E-state index contributed by atoms with van der Waals surface area (Å²) in [5.74, 6) is 0.134. The van der Waals surface area contributed by atoms with Crippen LogP contribution in [0.25, 0.3) is 0 Å². The molecule has 1 aliphatic carbocycles. The number of carbonyl (C=O) groups excluding carboxylic acids is 2. The topological polar surface area (TPSA) is 61.8 Å². The quantitative estimate of drug-likeness (QED) is 0.706. The Kier molecular flexibility index (Phi) is 6.27. The summed E-state index contributed by atoms with van der Waals surface area (Å²) >= 11 is 13.3. The third-order valence-electron chi connectivity index (χ3n) is 4.04. The molecule has 1 aliphatic heterocycles. The van der Waals surface area contributed by atoms with Crippen molar-refractivity contribution in [3.63, 3.8) is 0 Å². The van der Waals surface area contributed by atoms with Gasteiger partial charge in [-0.05, 0) is 49.1 Å². The Balaban J connectivity index is 1.75. The maximum Gasteiger partial charge on any atom is 0.264 e. The van der Waals surface area contributed by atoms with E-state index in [0.29, 0.717) is 38.3 Å². The van der Waals surface area contributed by atoms with E-state index in [1.165, 1.54) is 18.9 Å². The van der Waals surface area contributed by atoms with Crippen molar-refractivity contribution in [2.45, 2.75) is 26.2 Å². The lowest BCUT2D eigenvalue weighted by atomic mass is 10.3. The van der Waals surface area contributed by atoms with Gasteiger partial charge in [-0.25, -0.2) is 4.99 Å². The minimum Gasteiger partial charge on any atom is -0.339 e. The number of hydrogen-bond acceptors (Lipinski definition) is 4. The molecule has 26 heavy (non-hydrogen) atoms. The lowest BCUT2D eigenvalue weighted by Gasteiger charge is -2.20. The highest BCUT2D eigenvalue weighted by atomic mass is 35.5. The van der Waals surface area contributed by atoms with Gasteiger partial charge in [-0.3, -0.25) is 9.59 Å². The van der Waals surface area contributed by atoms with Gasteiger partial charge in [0.15, 0.2) is 5.17 Å². The molecule has 1 aromatic carbocycles. The summed E-state index contributed by atoms with van der Waals surface area (Å²) in [5, 5.41) is 3.80. The molecule has 1 aromatic rings. The van der Waals surface area contributed by atoms with Crippen molar-refractivity contribution in [2.75, 3.05) is 13.1 Å². The third kappa shape index (κ3) is 4.81. The third-order valence-corrected chi connectivity index (χ3v) is 5.56. The highest BCUT2D eigenvalue weighted by Crippen LogP contribution is 2.35. The molecular formula is C18H19Cl2N3O2S. The molecule has 0 unspecified atom stereocenters. The summed E-state index contributed by atoms with van der Waals surface area (Å²) in [6.07, 6.45) is 4.64. The van der Waals surface area contributed by atoms with Crippen LogP contribution in [-0.2, 0) is 9.59 Å². The molecule has 1 heterocycles. The number of halogens is 2. The first-order chi connectivity index (χ1) is 12.5. The number of aliphatic imine (C=N–C) groups is 1. The molecule has 8 heteroatoms. The van der Waals surface area contributed by atoms with Gasteiger partial charge in [0.2, 0.25) is 5.91 Å². The van der Waals surface area contributed by atoms with Crippen molar-refractivity contribution in [1.82, 2.24) is 10.2 Å². The average Bonchev–Trinajstić information content (AvgIpc) is 3.34. The van der Waals surface area contributed by atoms with Crippen LogP contribution in [0.4, 0.5) is 5.69 Å². The molecular weight excluding hydrogens is 393 g/mol. The number of carbonyl (C=O) groups is 2. The van der Waals surface area contributed by atoms with E-state index in [0.717, 1.165) is 24.7 Å². The number of amides is 2. The molecule has 0 spiro atoms. The maximum atomic E-state index is 12.5. The zero-order chi connectivity index (χ0) is 18.7. The van der Waals surface area contributed by atoms with E-state index in [1.807, 2.05) is 11.8 Å². The van der Waals surface area contributed by atoms with Crippen molar-refractivity contribution in [3.05, 3.63) is 39.2 Å². The fourth-order valence-electron chi connectivity index (χ4n) is 2.55. The highest BCUT2D eigenvalue weighted by molar-refractivity contribution is 8.18. The van der Waals surface area contributed by atoms with Gasteiger partial charge in [0.1, 0.15) is 5.69 Å². The predicted molar refractivity (Wildman–Crippen MR) is 107 cm³/mol. The first-order valence-electron chi connectivity index (χ1n) is 8.50. The summed E-state index contributed by atoms with van der Waals surface area (Å²) in [6.45, 7) is 3.50. The van der Waals surface area contributed by atoms with Crippen molar-refractivity contribution >= 4 is 57.6 Å². The van der Waals surface area contributed by atoms with Crippen LogP contribution in [0.15, 0.2) is 34.2 Å². The summed E-state index contributed by atoms with van der Waals surface area (Å²) in [5.41, 5.74) is 0.396. The van der Waals surface area contributed by atoms with E-state index in [9.17, 15) is 9.59 Å². The van der Waals surface area contributed by atoms with Gasteiger partial charge < -0.3 is 10.2 Å². The van der Waals surface area contributed by atoms with E-state index in [4.69, 9.17) is 23.2 Å². The number of hydrogen-bond donors (Lipinski definition) is 1. The number of nitrogens with zero attached hydrogens (tertiary/aromatic N) is 2. The zero-order valence-electron chi connectivity index (χ0n) is 14.3. The van der Waals surface area contributed by atoms with E-state index in [-0.39, 0.29) is 11.8 Å². The minimum atomic E-state index is -0.340. The van der Waals surface area contributed by atoms with Crippen LogP contribution in [0.1, 0.15) is 26.2 Å². The van der Waals surface area contributed by atoms with Crippen LogP contribution in [0.3, 0.4) is 0 Å². The van der Waals surface area contributed by atoms with Gasteiger partial charge in [-0.2, -0.15) is 0 Å². The molecule has 138 valence electrons. The average molecular weight is 412 g/mol. The monoisotopic (exact) mass is 411 g/mol. The van der Waals surface area contributed by atoms with Gasteiger partial charge in [0.05, 0.1) is 15.0 Å². The Morgan fingerprint density at radius 2 is 2.08 bits per heavy atom. The molecule has 3 rings (SSSR count). The van der Waals surface area contributed by atoms with Gasteiger partial charge in [0.25, 0.3) is 5.91 Å². The summed E-state index contributed by atoms with van der Waals surface area (Å²) in [4.78, 5) is 31.2. The van der Waals surface area contributed by atoms with Crippen LogP contribution in [-0.4, -0.2) is 35.0 Å². The Morgan fingerprint density at radius 3 is 2.69 bits per heavy atom. The number of nitrogens with one attached hydrogen (secondary N) is 1. The maximum absolute atomic E-state index is 12.5. The lowest BCUT2D eigenvalue weighted by molar-refractivity contribution is -0.126. The molecule has 2 fully saturated rings. The van der Waals surface area contributed by atoms with Crippen molar-refractivity contribution in [3.8, 4) is 0 Å². The first-order valence-corrected chi connectivity index (χ1v) is 10.1. The fourth-order valence-corrected chi connectivity index (χ4v) is 3.83. The van der Waals surface area contributed by atoms with E-state index >= 15 is 0 Å². The van der Waals surface area contributed by atoms with Crippen LogP contribution in [0, 0.1) is 5.92 Å². The lowest BCUT2D eigenvalue weighted by Crippen LogP contribution is -2.32. The second-order valence-electron chi connectivity index (χ2n) is 6.28. The normalized spacial score (nSPS) is 19.9. The smallest absolute Gasteiger partial charge is 0.264 e. The molecule has 5 nitrogen and oxygen atoms in total. The van der Waals surface area contributed by atoms with Crippen LogP contribution < -0.4 is 5.32 Å². The molecule has 0 radical (unpaired) electrons. The van der Waals surface area contributed by atoms with Crippen LogP contribution in [0.2, 0.25) is 10.0 Å². The van der Waals surface area contributed by atoms with Crippen molar-refractivity contribution in [2.24, 2.45) is 10.9 Å². The van der Waals surface area contributed by atoms with Crippen molar-refractivity contribution < 1.29 is 9.59 Å². The number of para-hydroxylation sites is 1. The first kappa shape index (κ1) is 19.3. The van der Waals surface area contributed by atoms with Gasteiger partial charge in [0, 0.05) is 19.2 Å². The van der Waals surface area contributed by atoms with Crippen LogP contribution in [0.5, 0.6) is 0 Å². The molecule has 0 bridgehead atoms. The Hall–Kier alpha value is -1.50. The SMILES string of the molecule is CCCN(CC1CC1)C(=O)/C=C1\SC(=Nc2c(Cl)cccc2Cl)NC1=O. The number of rotatable bonds is 6. The van der Waals surface area contributed by atoms with E-state index in [2.05, 4.69) is 10.3 Å². The minimum absolute atomic E-state index is 0.131. The van der Waals surface area contributed by atoms with Crippen LogP contribution >= 0.6 is 35.0 Å². The Bertz CT molecular complexity index is 770. The van der Waals surface area contributed by atoms with E-state index < -0.39 is 0 Å². The summed E-state index contributed by atoms with van der Waals surface area (Å²) < 4.78 is 0. The summed E-state index contributed by atoms with van der Waals surface area (Å²) in [7, 11) is 0. The molecule has 1 N–H and O–H groups in total. The second-order valence-corrected chi connectivity index (χ2v) is 8.12. The number of amidine groups is 1. The summed E-state index contributed by atoms with van der Waals surface area (Å²) in [6, 6.07) is 5.07. The Morgan fingerprint density at radius 1 is 1.38 bits per heavy atom. The molecule has 0 atom stereocenters. The number of thioether (sulfide) groups is 1. The number of benzene rings is 1. The fraction of sp³-hybridized carbons (Fsp3) is 0.389. The molecule has 1 saturated carbocycles. The van der Waals surface area contributed by atoms with Gasteiger partial charge in [-0.15, -0.1) is 0 Å². The van der Waals surface area contributed by atoms with Gasteiger partial charge in [-0.1, -0.05) is 36.2 Å². The Labute approximate surface area is 166 Å². The highest BCUT2D eigenvalue weighted by Gasteiger charge is 2.29. The van der Waals surface area contributed by atoms with E-state index in [1.54, 1.807) is 18.2 Å². The standard InChI is InChI=1S/C18H19Cl2N3O2S/c1-2-8-23(10-11-6-7-11)15(24)9-14-17(25)22-18(26-14)21-16-12(19)4-3-5-13(16)20/h3-5,9,11H,2,6-8,10H2,1H3,(H,21,22,25)/b14-9-. The molecule has 2 aliphatic rings. The zero-order valence-corrected chi connectivity index (χ0v) is 16.6. The molecule has 2 amide bonds. The largest absolute Gasteiger partial charge is 0.339 e. The second kappa shape index (κ2) is 8.46. The van der Waals surface area contributed by atoms with Gasteiger partial charge >= 0.3 is 0 Å². The predicted octanol–water partition coefficient (Wildman–Crippen LogP) is 4.38.